The summed E-state index contributed by atoms with van der Waals surface area (Å²) in [6, 6.07) is 8.45. The number of thiophene rings is 1. The lowest BCUT2D eigenvalue weighted by Crippen LogP contribution is -2.23. The molecule has 0 bridgehead atoms. The van der Waals surface area contributed by atoms with Crippen molar-refractivity contribution in [2.75, 3.05) is 0 Å². The van der Waals surface area contributed by atoms with E-state index < -0.39 is 0 Å². The van der Waals surface area contributed by atoms with Crippen molar-refractivity contribution in [1.29, 1.82) is 0 Å². The van der Waals surface area contributed by atoms with E-state index in [1.165, 1.54) is 6.07 Å². The molecule has 0 radical (unpaired) electrons. The zero-order chi connectivity index (χ0) is 11.4. The molecule has 0 unspecified atom stereocenters. The molecule has 16 heavy (non-hydrogen) atoms. The third-order valence-corrected chi connectivity index (χ3v) is 2.85. The number of nitrogens with one attached hydrogen (secondary N) is 1. The summed E-state index contributed by atoms with van der Waals surface area (Å²) in [4.78, 5) is 16.4. The van der Waals surface area contributed by atoms with Crippen molar-refractivity contribution in [2.45, 2.75) is 6.54 Å². The van der Waals surface area contributed by atoms with E-state index in [1.54, 1.807) is 23.5 Å². The molecule has 2 aromatic rings. The van der Waals surface area contributed by atoms with Crippen LogP contribution in [-0.4, -0.2) is 16.0 Å². The Bertz CT molecular complexity index is 482. The van der Waals surface area contributed by atoms with Crippen LogP contribution in [-0.2, 0) is 6.54 Å². The van der Waals surface area contributed by atoms with Gasteiger partial charge < -0.3 is 10.4 Å². The summed E-state index contributed by atoms with van der Waals surface area (Å²) in [6.07, 6.45) is 0. The van der Waals surface area contributed by atoms with Gasteiger partial charge in [-0.05, 0) is 17.5 Å². The van der Waals surface area contributed by atoms with Gasteiger partial charge in [0.05, 0.1) is 6.54 Å². The highest BCUT2D eigenvalue weighted by molar-refractivity contribution is 7.09. The van der Waals surface area contributed by atoms with Gasteiger partial charge in [0.25, 0.3) is 5.91 Å². The first-order chi connectivity index (χ1) is 7.75. The number of amides is 1. The molecule has 1 amide bonds. The topological polar surface area (TPSA) is 62.2 Å². The zero-order valence-electron chi connectivity index (χ0n) is 8.38. The van der Waals surface area contributed by atoms with E-state index in [4.69, 9.17) is 5.11 Å². The van der Waals surface area contributed by atoms with Crippen LogP contribution in [0.2, 0.25) is 0 Å². The number of pyridine rings is 1. The Morgan fingerprint density at radius 2 is 2.25 bits per heavy atom. The quantitative estimate of drug-likeness (QED) is 0.851. The third kappa shape index (κ3) is 2.58. The zero-order valence-corrected chi connectivity index (χ0v) is 9.20. The van der Waals surface area contributed by atoms with E-state index in [9.17, 15) is 4.79 Å². The van der Waals surface area contributed by atoms with Crippen molar-refractivity contribution in [3.8, 4) is 5.88 Å². The van der Waals surface area contributed by atoms with E-state index in [0.717, 1.165) is 4.88 Å². The van der Waals surface area contributed by atoms with Crippen molar-refractivity contribution in [3.63, 3.8) is 0 Å². The fourth-order valence-corrected chi connectivity index (χ4v) is 1.87. The Morgan fingerprint density at radius 3 is 2.94 bits per heavy atom. The van der Waals surface area contributed by atoms with E-state index >= 15 is 0 Å². The SMILES string of the molecule is O=C(NCc1cccs1)c1cccc(O)n1. The summed E-state index contributed by atoms with van der Waals surface area (Å²) in [5, 5.41) is 13.8. The van der Waals surface area contributed by atoms with Crippen LogP contribution in [0.15, 0.2) is 35.7 Å². The molecule has 0 aromatic carbocycles. The molecule has 0 aliphatic carbocycles. The van der Waals surface area contributed by atoms with Gasteiger partial charge in [0.15, 0.2) is 0 Å². The molecular weight excluding hydrogens is 224 g/mol. The van der Waals surface area contributed by atoms with E-state index in [1.807, 2.05) is 17.5 Å². The molecule has 5 heteroatoms. The third-order valence-electron chi connectivity index (χ3n) is 1.97. The van der Waals surface area contributed by atoms with Crippen molar-refractivity contribution in [3.05, 3.63) is 46.3 Å². The molecule has 0 saturated carbocycles. The van der Waals surface area contributed by atoms with Gasteiger partial charge in [-0.25, -0.2) is 4.98 Å². The molecule has 82 valence electrons. The molecule has 0 aliphatic rings. The van der Waals surface area contributed by atoms with Crippen molar-refractivity contribution >= 4 is 17.2 Å². The van der Waals surface area contributed by atoms with Crippen LogP contribution < -0.4 is 5.32 Å². The van der Waals surface area contributed by atoms with Gasteiger partial charge in [-0.15, -0.1) is 11.3 Å². The van der Waals surface area contributed by atoms with Crippen molar-refractivity contribution < 1.29 is 9.90 Å². The number of hydrogen-bond donors (Lipinski definition) is 2. The van der Waals surface area contributed by atoms with Gasteiger partial charge in [0, 0.05) is 10.9 Å². The number of carbonyl (C=O) groups is 1. The average molecular weight is 234 g/mol. The van der Waals surface area contributed by atoms with Gasteiger partial charge in [-0.3, -0.25) is 4.79 Å². The summed E-state index contributed by atoms with van der Waals surface area (Å²) >= 11 is 1.58. The van der Waals surface area contributed by atoms with Crippen LogP contribution in [0.1, 0.15) is 15.4 Å². The summed E-state index contributed by atoms with van der Waals surface area (Å²) in [5.41, 5.74) is 0.219. The highest BCUT2D eigenvalue weighted by atomic mass is 32.1. The number of nitrogens with zero attached hydrogens (tertiary/aromatic N) is 1. The van der Waals surface area contributed by atoms with E-state index in [0.29, 0.717) is 6.54 Å². The van der Waals surface area contributed by atoms with Crippen LogP contribution in [0.3, 0.4) is 0 Å². The lowest BCUT2D eigenvalue weighted by atomic mass is 10.3. The molecule has 0 atom stereocenters. The fraction of sp³-hybridized carbons (Fsp3) is 0.0909. The van der Waals surface area contributed by atoms with Crippen LogP contribution in [0.25, 0.3) is 0 Å². The van der Waals surface area contributed by atoms with Crippen LogP contribution in [0, 0.1) is 0 Å². The average Bonchev–Trinajstić information content (AvgIpc) is 2.78. The van der Waals surface area contributed by atoms with Gasteiger partial charge >= 0.3 is 0 Å². The molecular formula is C11H10N2O2S. The fourth-order valence-electron chi connectivity index (χ4n) is 1.22. The van der Waals surface area contributed by atoms with E-state index in [-0.39, 0.29) is 17.5 Å². The Morgan fingerprint density at radius 1 is 1.38 bits per heavy atom. The maximum atomic E-state index is 11.6. The summed E-state index contributed by atoms with van der Waals surface area (Å²) in [6.45, 7) is 0.480. The molecule has 2 heterocycles. The minimum Gasteiger partial charge on any atom is -0.493 e. The number of carbonyl (C=O) groups excluding carboxylic acids is 1. The summed E-state index contributed by atoms with van der Waals surface area (Å²) in [7, 11) is 0. The van der Waals surface area contributed by atoms with Gasteiger partial charge in [0.1, 0.15) is 5.69 Å². The van der Waals surface area contributed by atoms with Crippen LogP contribution in [0.4, 0.5) is 0 Å². The molecule has 0 fully saturated rings. The summed E-state index contributed by atoms with van der Waals surface area (Å²) < 4.78 is 0. The van der Waals surface area contributed by atoms with Gasteiger partial charge in [0.2, 0.25) is 5.88 Å². The van der Waals surface area contributed by atoms with Crippen molar-refractivity contribution in [2.24, 2.45) is 0 Å². The minimum absolute atomic E-state index is 0.149. The highest BCUT2D eigenvalue weighted by Gasteiger charge is 2.07. The first kappa shape index (κ1) is 10.6. The molecule has 0 spiro atoms. The number of hydrogen-bond acceptors (Lipinski definition) is 4. The molecule has 4 nitrogen and oxygen atoms in total. The summed E-state index contributed by atoms with van der Waals surface area (Å²) in [5.74, 6) is -0.437. The molecule has 2 rings (SSSR count). The van der Waals surface area contributed by atoms with E-state index in [2.05, 4.69) is 10.3 Å². The standard InChI is InChI=1S/C11H10N2O2S/c14-10-5-1-4-9(13-10)11(15)12-7-8-3-2-6-16-8/h1-6H,7H2,(H,12,15)(H,13,14). The molecule has 2 N–H and O–H groups in total. The molecule has 2 aromatic heterocycles. The number of rotatable bonds is 3. The predicted molar refractivity (Wildman–Crippen MR) is 61.4 cm³/mol. The largest absolute Gasteiger partial charge is 0.493 e. The van der Waals surface area contributed by atoms with Crippen LogP contribution >= 0.6 is 11.3 Å². The maximum Gasteiger partial charge on any atom is 0.270 e. The molecule has 0 aliphatic heterocycles. The Kier molecular flexibility index (Phi) is 3.16. The minimum atomic E-state index is -0.288. The lowest BCUT2D eigenvalue weighted by molar-refractivity contribution is 0.0945. The Labute approximate surface area is 96.6 Å². The van der Waals surface area contributed by atoms with Gasteiger partial charge in [-0.2, -0.15) is 0 Å². The first-order valence-electron chi connectivity index (χ1n) is 4.72. The second kappa shape index (κ2) is 4.76. The number of aromatic hydroxyl groups is 1. The predicted octanol–water partition coefficient (Wildman–Crippen LogP) is 1.78. The highest BCUT2D eigenvalue weighted by Crippen LogP contribution is 2.08. The molecule has 0 saturated heterocycles. The maximum absolute atomic E-state index is 11.6. The normalized spacial score (nSPS) is 10.0. The first-order valence-corrected chi connectivity index (χ1v) is 5.60. The lowest BCUT2D eigenvalue weighted by Gasteiger charge is -2.02. The Balaban J connectivity index is 1.98. The Hall–Kier alpha value is -1.88. The second-order valence-electron chi connectivity index (χ2n) is 3.14. The van der Waals surface area contributed by atoms with Crippen LogP contribution in [0.5, 0.6) is 5.88 Å². The number of aromatic nitrogens is 1. The van der Waals surface area contributed by atoms with Crippen molar-refractivity contribution in [1.82, 2.24) is 10.3 Å². The second-order valence-corrected chi connectivity index (χ2v) is 4.18. The van der Waals surface area contributed by atoms with Gasteiger partial charge in [-0.1, -0.05) is 12.1 Å². The smallest absolute Gasteiger partial charge is 0.270 e. The monoisotopic (exact) mass is 234 g/mol.